The van der Waals surface area contributed by atoms with Crippen molar-refractivity contribution in [3.63, 3.8) is 0 Å². The largest absolute Gasteiger partial charge is 0.340 e. The number of carbonyl (C=O) groups excluding carboxylic acids is 1. The molecule has 5 nitrogen and oxygen atoms in total. The lowest BCUT2D eigenvalue weighted by Gasteiger charge is -2.35. The van der Waals surface area contributed by atoms with Crippen molar-refractivity contribution in [1.29, 1.82) is 0 Å². The van der Waals surface area contributed by atoms with Crippen LogP contribution in [0.25, 0.3) is 0 Å². The van der Waals surface area contributed by atoms with E-state index in [4.69, 9.17) is 0 Å². The molecule has 1 amide bonds. The fraction of sp³-hybridized carbons (Fsp3) is 0.909. The lowest BCUT2D eigenvalue weighted by molar-refractivity contribution is -0.135. The van der Waals surface area contributed by atoms with Crippen LogP contribution in [0.4, 0.5) is 0 Å². The second-order valence-electron chi connectivity index (χ2n) is 4.97. The van der Waals surface area contributed by atoms with E-state index < -0.39 is 15.3 Å². The topological polar surface area (TPSA) is 57.7 Å². The van der Waals surface area contributed by atoms with Crippen LogP contribution < -0.4 is 0 Å². The Morgan fingerprint density at radius 1 is 1.00 bits per heavy atom. The maximum Gasteiger partial charge on any atom is 0.225 e. The Bertz CT molecular complexity index is 368. The molecular formula is C11H22N2O3S. The number of carbonyl (C=O) groups is 1. The van der Waals surface area contributed by atoms with Crippen LogP contribution in [-0.4, -0.2) is 55.0 Å². The minimum absolute atomic E-state index is 0.0248. The average molecular weight is 262 g/mol. The molecule has 0 aromatic rings. The molecule has 17 heavy (non-hydrogen) atoms. The Kier molecular flexibility index (Phi) is 4.55. The van der Waals surface area contributed by atoms with Gasteiger partial charge in [0.25, 0.3) is 0 Å². The molecule has 0 bridgehead atoms. The highest BCUT2D eigenvalue weighted by molar-refractivity contribution is 7.89. The summed E-state index contributed by atoms with van der Waals surface area (Å²) in [7, 11) is -3.17. The molecule has 1 aliphatic rings. The van der Waals surface area contributed by atoms with E-state index >= 15 is 0 Å². The first-order valence-corrected chi connectivity index (χ1v) is 7.55. The van der Waals surface area contributed by atoms with E-state index in [2.05, 4.69) is 0 Å². The SMILES string of the molecule is CC(C)C(=O)N1CCN(S(=O)(=O)C(C)C)CC1. The van der Waals surface area contributed by atoms with Crippen molar-refractivity contribution < 1.29 is 13.2 Å². The van der Waals surface area contributed by atoms with Crippen molar-refractivity contribution in [3.8, 4) is 0 Å². The fourth-order valence-electron chi connectivity index (χ4n) is 1.83. The number of hydrogen-bond donors (Lipinski definition) is 0. The molecule has 0 aromatic carbocycles. The van der Waals surface area contributed by atoms with E-state index in [-0.39, 0.29) is 11.8 Å². The zero-order valence-electron chi connectivity index (χ0n) is 11.0. The second-order valence-corrected chi connectivity index (χ2v) is 7.46. The molecule has 100 valence electrons. The van der Waals surface area contributed by atoms with E-state index in [0.717, 1.165) is 0 Å². The van der Waals surface area contributed by atoms with E-state index in [9.17, 15) is 13.2 Å². The van der Waals surface area contributed by atoms with Gasteiger partial charge in [-0.2, -0.15) is 4.31 Å². The molecule has 0 N–H and O–H groups in total. The Hall–Kier alpha value is -0.620. The lowest BCUT2D eigenvalue weighted by Crippen LogP contribution is -2.52. The molecule has 0 aliphatic carbocycles. The zero-order valence-corrected chi connectivity index (χ0v) is 11.8. The summed E-state index contributed by atoms with van der Waals surface area (Å²) in [5.74, 6) is 0.0786. The molecule has 0 unspecified atom stereocenters. The molecule has 0 saturated carbocycles. The van der Waals surface area contributed by atoms with E-state index in [0.29, 0.717) is 26.2 Å². The van der Waals surface area contributed by atoms with Gasteiger partial charge < -0.3 is 4.90 Å². The van der Waals surface area contributed by atoms with Gasteiger partial charge in [-0.1, -0.05) is 13.8 Å². The number of nitrogens with zero attached hydrogens (tertiary/aromatic N) is 2. The van der Waals surface area contributed by atoms with E-state index in [1.165, 1.54) is 4.31 Å². The monoisotopic (exact) mass is 262 g/mol. The predicted octanol–water partition coefficient (Wildman–Crippen LogP) is 0.525. The highest BCUT2D eigenvalue weighted by Gasteiger charge is 2.31. The zero-order chi connectivity index (χ0) is 13.2. The molecule has 0 aromatic heterocycles. The maximum absolute atomic E-state index is 11.9. The Balaban J connectivity index is 2.61. The molecule has 1 rings (SSSR count). The number of amides is 1. The summed E-state index contributed by atoms with van der Waals surface area (Å²) in [6.07, 6.45) is 0. The summed E-state index contributed by atoms with van der Waals surface area (Å²) in [4.78, 5) is 13.5. The standard InChI is InChI=1S/C11H22N2O3S/c1-9(2)11(14)12-5-7-13(8-6-12)17(15,16)10(3)4/h9-10H,5-8H2,1-4H3. The van der Waals surface area contributed by atoms with Crippen LogP contribution in [0.2, 0.25) is 0 Å². The molecule has 1 fully saturated rings. The predicted molar refractivity (Wildman–Crippen MR) is 67.0 cm³/mol. The highest BCUT2D eigenvalue weighted by atomic mass is 32.2. The van der Waals surface area contributed by atoms with Crippen molar-refractivity contribution >= 4 is 15.9 Å². The van der Waals surface area contributed by atoms with Crippen LogP contribution >= 0.6 is 0 Å². The minimum atomic E-state index is -3.17. The van der Waals surface area contributed by atoms with E-state index in [1.807, 2.05) is 13.8 Å². The molecule has 1 heterocycles. The van der Waals surface area contributed by atoms with Crippen molar-refractivity contribution in [2.24, 2.45) is 5.92 Å². The maximum atomic E-state index is 11.9. The first-order chi connectivity index (χ1) is 7.76. The molecule has 1 aliphatic heterocycles. The van der Waals surface area contributed by atoms with Gasteiger partial charge in [-0.3, -0.25) is 4.79 Å². The van der Waals surface area contributed by atoms with Crippen LogP contribution in [-0.2, 0) is 14.8 Å². The summed E-state index contributed by atoms with van der Waals surface area (Å²) in [6.45, 7) is 8.92. The summed E-state index contributed by atoms with van der Waals surface area (Å²) >= 11 is 0. The van der Waals surface area contributed by atoms with Crippen molar-refractivity contribution in [1.82, 2.24) is 9.21 Å². The quantitative estimate of drug-likeness (QED) is 0.745. The third-order valence-corrected chi connectivity index (χ3v) is 5.28. The Morgan fingerprint density at radius 2 is 1.47 bits per heavy atom. The van der Waals surface area contributed by atoms with Gasteiger partial charge in [-0.15, -0.1) is 0 Å². The van der Waals surface area contributed by atoms with Crippen molar-refractivity contribution in [2.45, 2.75) is 32.9 Å². The smallest absolute Gasteiger partial charge is 0.225 e. The number of rotatable bonds is 3. The molecular weight excluding hydrogens is 240 g/mol. The summed E-state index contributed by atoms with van der Waals surface area (Å²) in [5.41, 5.74) is 0. The summed E-state index contributed by atoms with van der Waals surface area (Å²) < 4.78 is 25.3. The van der Waals surface area contributed by atoms with Crippen molar-refractivity contribution in [3.05, 3.63) is 0 Å². The summed E-state index contributed by atoms with van der Waals surface area (Å²) in [6, 6.07) is 0. The van der Waals surface area contributed by atoms with Gasteiger partial charge in [-0.05, 0) is 13.8 Å². The number of sulfonamides is 1. The third-order valence-electron chi connectivity index (χ3n) is 3.00. The third kappa shape index (κ3) is 3.19. The highest BCUT2D eigenvalue weighted by Crippen LogP contribution is 2.13. The van der Waals surface area contributed by atoms with Gasteiger partial charge in [0.1, 0.15) is 0 Å². The normalized spacial score (nSPS) is 19.1. The Morgan fingerprint density at radius 3 is 1.82 bits per heavy atom. The summed E-state index contributed by atoms with van der Waals surface area (Å²) in [5, 5.41) is -0.394. The minimum Gasteiger partial charge on any atom is -0.340 e. The molecule has 0 radical (unpaired) electrons. The fourth-order valence-corrected chi connectivity index (χ4v) is 3.09. The van der Waals surface area contributed by atoms with Gasteiger partial charge in [0, 0.05) is 32.1 Å². The number of hydrogen-bond acceptors (Lipinski definition) is 3. The van der Waals surface area contributed by atoms with Crippen LogP contribution in [0.3, 0.4) is 0 Å². The van der Waals surface area contributed by atoms with Crippen LogP contribution in [0.15, 0.2) is 0 Å². The second kappa shape index (κ2) is 5.35. The molecule has 1 saturated heterocycles. The first kappa shape index (κ1) is 14.4. The van der Waals surface area contributed by atoms with Crippen LogP contribution in [0.1, 0.15) is 27.7 Å². The number of piperazine rings is 1. The lowest BCUT2D eigenvalue weighted by atomic mass is 10.2. The molecule has 0 atom stereocenters. The van der Waals surface area contributed by atoms with Gasteiger partial charge in [0.15, 0.2) is 0 Å². The van der Waals surface area contributed by atoms with Crippen LogP contribution in [0, 0.1) is 5.92 Å². The van der Waals surface area contributed by atoms with Crippen LogP contribution in [0.5, 0.6) is 0 Å². The van der Waals surface area contributed by atoms with Crippen molar-refractivity contribution in [2.75, 3.05) is 26.2 Å². The van der Waals surface area contributed by atoms with E-state index in [1.54, 1.807) is 18.7 Å². The van der Waals surface area contributed by atoms with Gasteiger partial charge in [0.05, 0.1) is 5.25 Å². The average Bonchev–Trinajstić information content (AvgIpc) is 2.27. The van der Waals surface area contributed by atoms with Gasteiger partial charge >= 0.3 is 0 Å². The Labute approximate surface area is 104 Å². The van der Waals surface area contributed by atoms with Gasteiger partial charge in [-0.25, -0.2) is 8.42 Å². The molecule has 6 heteroatoms. The molecule has 0 spiro atoms. The van der Waals surface area contributed by atoms with Gasteiger partial charge in [0.2, 0.25) is 15.9 Å². The first-order valence-electron chi connectivity index (χ1n) is 6.04.